The third-order valence-electron chi connectivity index (χ3n) is 14.1. The zero-order valence-electron chi connectivity index (χ0n) is 32.0. The van der Waals surface area contributed by atoms with Crippen molar-refractivity contribution in [3.63, 3.8) is 0 Å². The first-order valence-electron chi connectivity index (χ1n) is 19.9. The van der Waals surface area contributed by atoms with E-state index in [1.165, 1.54) is 17.5 Å². The summed E-state index contributed by atoms with van der Waals surface area (Å²) in [7, 11) is -2.08. The summed E-state index contributed by atoms with van der Waals surface area (Å²) in [6, 6.07) is 13.3. The van der Waals surface area contributed by atoms with Crippen LogP contribution in [-0.2, 0) is 26.6 Å². The molecule has 4 aliphatic heterocycles. The molecule has 1 spiro atoms. The van der Waals surface area contributed by atoms with Gasteiger partial charge in [0.2, 0.25) is 10.0 Å². The van der Waals surface area contributed by atoms with Crippen LogP contribution < -0.4 is 14.4 Å². The number of rotatable bonds is 4. The molecule has 0 aromatic heterocycles. The van der Waals surface area contributed by atoms with Crippen LogP contribution in [0.3, 0.4) is 0 Å². The van der Waals surface area contributed by atoms with Gasteiger partial charge in [0.05, 0.1) is 17.5 Å². The first-order valence-corrected chi connectivity index (χ1v) is 21.8. The predicted octanol–water partition coefficient (Wildman–Crippen LogP) is 6.44. The van der Waals surface area contributed by atoms with Gasteiger partial charge in [0.25, 0.3) is 5.91 Å². The summed E-state index contributed by atoms with van der Waals surface area (Å²) < 4.78 is 43.2. The number of ether oxygens (including phenoxy) is 2. The second kappa shape index (κ2) is 14.1. The van der Waals surface area contributed by atoms with Crippen molar-refractivity contribution in [2.24, 2.45) is 17.8 Å². The third-order valence-corrected chi connectivity index (χ3v) is 16.3. The standard InChI is InChI=1S/C42H57ClN4O5S/c1-27(2)47-23-34-20-35(47)22-45(34)25-42(51-5)17-6-8-28(3)29(4)53(49,50)44-40(48)31-11-15-39-38(19-31)46(21-32-10-13-37(32)42)24-41(26-52-39)16-7-9-30-18-33(43)12-14-36(30)41/h6,11-12,14-15,17-19,27-29,32,34-35,37H,7-10,13,16,20-26H2,1-5H3,(H,44,48)/b17-6+/t28-,29+,32-,34-,35-,37+,41-,42-/m0/s1. The molecule has 53 heavy (non-hydrogen) atoms. The monoisotopic (exact) mass is 764 g/mol. The highest BCUT2D eigenvalue weighted by atomic mass is 35.5. The molecule has 2 aliphatic carbocycles. The Balaban J connectivity index is 1.19. The number of methoxy groups -OCH3 is 1. The van der Waals surface area contributed by atoms with E-state index in [1.807, 2.05) is 32.2 Å². The number of hydrogen-bond acceptors (Lipinski definition) is 8. The number of hydrogen-bond donors (Lipinski definition) is 1. The van der Waals surface area contributed by atoms with Gasteiger partial charge < -0.3 is 14.4 Å². The van der Waals surface area contributed by atoms with Gasteiger partial charge in [0.1, 0.15) is 11.4 Å². The number of nitrogens with one attached hydrogen (secondary N) is 1. The van der Waals surface area contributed by atoms with Gasteiger partial charge in [-0.25, -0.2) is 13.1 Å². The number of carbonyl (C=O) groups excluding carboxylic acids is 1. The number of piperazine rings is 1. The van der Waals surface area contributed by atoms with E-state index in [-0.39, 0.29) is 17.3 Å². The second-order valence-corrected chi connectivity index (χ2v) is 19.9. The molecule has 1 amide bonds. The van der Waals surface area contributed by atoms with Gasteiger partial charge in [0, 0.05) is 74.0 Å². The van der Waals surface area contributed by atoms with Gasteiger partial charge in [-0.1, -0.05) is 36.7 Å². The van der Waals surface area contributed by atoms with Crippen molar-refractivity contribution in [3.05, 3.63) is 70.3 Å². The topological polar surface area (TPSA) is 91.4 Å². The molecule has 2 aromatic rings. The number of nitrogens with zero attached hydrogens (tertiary/aromatic N) is 3. The van der Waals surface area contributed by atoms with Crippen LogP contribution in [0.25, 0.3) is 0 Å². The lowest BCUT2D eigenvalue weighted by atomic mass is 9.63. The van der Waals surface area contributed by atoms with E-state index < -0.39 is 26.8 Å². The number of fused-ring (bicyclic) bond motifs is 6. The number of aryl methyl sites for hydroxylation is 1. The van der Waals surface area contributed by atoms with Crippen LogP contribution >= 0.6 is 11.6 Å². The zero-order valence-corrected chi connectivity index (χ0v) is 33.6. The maximum Gasteiger partial charge on any atom is 0.264 e. The number of carbonyl (C=O) groups is 1. The Morgan fingerprint density at radius 1 is 1.08 bits per heavy atom. The van der Waals surface area contributed by atoms with Crippen LogP contribution in [0.4, 0.5) is 5.69 Å². The smallest absolute Gasteiger partial charge is 0.264 e. The number of amides is 1. The Labute approximate surface area is 321 Å². The van der Waals surface area contributed by atoms with Crippen LogP contribution in [0.5, 0.6) is 5.75 Å². The second-order valence-electron chi connectivity index (χ2n) is 17.5. The molecule has 4 heterocycles. The molecular formula is C42H57ClN4O5S. The first-order chi connectivity index (χ1) is 25.3. The fourth-order valence-corrected chi connectivity index (χ4v) is 12.2. The van der Waals surface area contributed by atoms with Crippen LogP contribution in [-0.4, -0.2) is 99.5 Å². The van der Waals surface area contributed by atoms with E-state index in [1.54, 1.807) is 13.0 Å². The van der Waals surface area contributed by atoms with E-state index >= 15 is 0 Å². The largest absolute Gasteiger partial charge is 0.490 e. The lowest BCUT2D eigenvalue weighted by Crippen LogP contribution is -2.59. The fourth-order valence-electron chi connectivity index (χ4n) is 10.7. The predicted molar refractivity (Wildman–Crippen MR) is 211 cm³/mol. The molecule has 9 nitrogen and oxygen atoms in total. The molecule has 2 aromatic carbocycles. The number of likely N-dealkylation sites (tertiary alicyclic amines) is 2. The Hall–Kier alpha value is -2.63. The van der Waals surface area contributed by atoms with Crippen molar-refractivity contribution in [1.82, 2.24) is 14.5 Å². The molecule has 0 radical (unpaired) electrons. The minimum atomic E-state index is -3.95. The number of sulfonamides is 1. The number of anilines is 1. The number of halogens is 1. The van der Waals surface area contributed by atoms with Crippen molar-refractivity contribution >= 4 is 33.2 Å². The highest BCUT2D eigenvalue weighted by molar-refractivity contribution is 7.90. The van der Waals surface area contributed by atoms with E-state index in [0.717, 1.165) is 81.3 Å². The maximum atomic E-state index is 13.7. The first kappa shape index (κ1) is 37.3. The maximum absolute atomic E-state index is 13.7. The van der Waals surface area contributed by atoms with E-state index in [9.17, 15) is 13.2 Å². The van der Waals surface area contributed by atoms with Crippen LogP contribution in [0.2, 0.25) is 5.02 Å². The molecule has 8 atom stereocenters. The van der Waals surface area contributed by atoms with Gasteiger partial charge in [-0.3, -0.25) is 14.6 Å². The van der Waals surface area contributed by atoms with Crippen LogP contribution in [0.15, 0.2) is 48.6 Å². The lowest BCUT2D eigenvalue weighted by Gasteiger charge is -2.52. The van der Waals surface area contributed by atoms with E-state index in [4.69, 9.17) is 21.1 Å². The van der Waals surface area contributed by atoms with Crippen molar-refractivity contribution in [1.29, 1.82) is 0 Å². The SMILES string of the molecule is CO[C@]1(CN2C[C@@H]3C[C@H]2CN3C(C)C)/C=C/C[C@H](C)[C@@H](C)S(=O)(=O)NC(=O)c2ccc3c(c2)N(C[C@@H]2CC[C@H]21)C[C@@]1(CCCc2cc(Cl)ccc21)CO3. The number of allylic oxidation sites excluding steroid dienone is 1. The normalized spacial score (nSPS) is 36.3. The molecule has 8 rings (SSSR count). The van der Waals surface area contributed by atoms with Crippen molar-refractivity contribution in [3.8, 4) is 5.75 Å². The Morgan fingerprint density at radius 3 is 2.62 bits per heavy atom. The molecule has 0 unspecified atom stereocenters. The van der Waals surface area contributed by atoms with Gasteiger partial charge in [-0.05, 0) is 125 Å². The van der Waals surface area contributed by atoms with Gasteiger partial charge in [-0.2, -0.15) is 0 Å². The van der Waals surface area contributed by atoms with Gasteiger partial charge >= 0.3 is 0 Å². The molecular weight excluding hydrogens is 708 g/mol. The van der Waals surface area contributed by atoms with Crippen molar-refractivity contribution in [2.75, 3.05) is 51.3 Å². The molecule has 4 bridgehead atoms. The lowest BCUT2D eigenvalue weighted by molar-refractivity contribution is -0.0972. The highest BCUT2D eigenvalue weighted by Gasteiger charge is 2.53. The van der Waals surface area contributed by atoms with E-state index in [2.05, 4.69) is 57.6 Å². The average Bonchev–Trinajstić information content (AvgIpc) is 3.67. The Morgan fingerprint density at radius 2 is 1.91 bits per heavy atom. The number of benzene rings is 2. The molecule has 288 valence electrons. The summed E-state index contributed by atoms with van der Waals surface area (Å²) >= 11 is 6.51. The third kappa shape index (κ3) is 6.72. The Kier molecular flexibility index (Phi) is 9.95. The summed E-state index contributed by atoms with van der Waals surface area (Å²) in [6.45, 7) is 13.3. The molecule has 6 aliphatic rings. The summed E-state index contributed by atoms with van der Waals surface area (Å²) in [5.74, 6) is 0.536. The minimum Gasteiger partial charge on any atom is -0.490 e. The Bertz CT molecular complexity index is 1870. The highest BCUT2D eigenvalue weighted by Crippen LogP contribution is 2.50. The van der Waals surface area contributed by atoms with Crippen LogP contribution in [0, 0.1) is 17.8 Å². The molecule has 3 fully saturated rings. The van der Waals surface area contributed by atoms with E-state index in [0.29, 0.717) is 42.6 Å². The fraction of sp³-hybridized carbons (Fsp3) is 0.643. The summed E-state index contributed by atoms with van der Waals surface area (Å²) in [5.41, 5.74) is 2.96. The van der Waals surface area contributed by atoms with Gasteiger partial charge in [-0.15, -0.1) is 0 Å². The molecule has 2 saturated heterocycles. The molecule has 1 N–H and O–H groups in total. The summed E-state index contributed by atoms with van der Waals surface area (Å²) in [5, 5.41) is -0.0171. The van der Waals surface area contributed by atoms with Crippen molar-refractivity contribution in [2.45, 2.75) is 107 Å². The van der Waals surface area contributed by atoms with Crippen molar-refractivity contribution < 1.29 is 22.7 Å². The van der Waals surface area contributed by atoms with Crippen LogP contribution in [0.1, 0.15) is 87.7 Å². The molecule has 1 saturated carbocycles. The molecule has 11 heteroatoms. The average molecular weight is 765 g/mol. The zero-order chi connectivity index (χ0) is 37.3. The minimum absolute atomic E-state index is 0.209. The summed E-state index contributed by atoms with van der Waals surface area (Å²) in [4.78, 5) is 21.5. The summed E-state index contributed by atoms with van der Waals surface area (Å²) in [6.07, 6.45) is 11.4. The quantitative estimate of drug-likeness (QED) is 0.357. The van der Waals surface area contributed by atoms with Gasteiger partial charge in [0.15, 0.2) is 0 Å².